The van der Waals surface area contributed by atoms with E-state index in [1.165, 1.54) is 22.5 Å². The molecule has 2 N–H and O–H groups in total. The fraction of sp³-hybridized carbons (Fsp3) is 0.429. The second kappa shape index (κ2) is 8.40. The summed E-state index contributed by atoms with van der Waals surface area (Å²) in [6, 6.07) is 10.7. The first-order valence-corrected chi connectivity index (χ1v) is 12.5. The summed E-state index contributed by atoms with van der Waals surface area (Å²) < 4.78 is 0. The number of allylic oxidation sites excluding steroid dienone is 2. The van der Waals surface area contributed by atoms with Crippen LogP contribution in [-0.2, 0) is 0 Å². The minimum absolute atomic E-state index is 0.381. The van der Waals surface area contributed by atoms with Crippen LogP contribution in [0.4, 0.5) is 5.69 Å². The zero-order chi connectivity index (χ0) is 24.2. The van der Waals surface area contributed by atoms with E-state index in [9.17, 15) is 10.4 Å². The van der Waals surface area contributed by atoms with Crippen molar-refractivity contribution in [3.8, 4) is 6.07 Å². The molecule has 2 fully saturated rings. The molecule has 35 heavy (non-hydrogen) atoms. The highest BCUT2D eigenvalue weighted by Crippen LogP contribution is 2.41. The van der Waals surface area contributed by atoms with Crippen LogP contribution in [0.2, 0.25) is 0 Å². The Morgan fingerprint density at radius 1 is 1.23 bits per heavy atom. The SMILES string of the molecule is C[C@@H]1CN(c2ccc(C#N)c3ncccc23)CC2=C3CC=C(N4CCNCC(C)(O)C4)C=C3CN21. The highest BCUT2D eigenvalue weighted by atomic mass is 16.3. The van der Waals surface area contributed by atoms with Crippen LogP contribution in [0.25, 0.3) is 10.9 Å². The molecule has 4 aliphatic rings. The summed E-state index contributed by atoms with van der Waals surface area (Å²) >= 11 is 0. The van der Waals surface area contributed by atoms with Gasteiger partial charge in [-0.1, -0.05) is 6.08 Å². The number of β-amino-alcohol motifs (C(OH)–C–C–N with tert-alkyl or cyclic N) is 1. The summed E-state index contributed by atoms with van der Waals surface area (Å²) in [6.45, 7) is 10.0. The van der Waals surface area contributed by atoms with E-state index in [2.05, 4.69) is 62.3 Å². The van der Waals surface area contributed by atoms with E-state index in [4.69, 9.17) is 0 Å². The lowest BCUT2D eigenvalue weighted by atomic mass is 9.96. The van der Waals surface area contributed by atoms with E-state index in [0.29, 0.717) is 24.7 Å². The van der Waals surface area contributed by atoms with Crippen molar-refractivity contribution in [2.24, 2.45) is 0 Å². The summed E-state index contributed by atoms with van der Waals surface area (Å²) in [6.07, 6.45) is 7.37. The minimum Gasteiger partial charge on any atom is -0.387 e. The molecule has 0 spiro atoms. The van der Waals surface area contributed by atoms with Gasteiger partial charge in [0.05, 0.1) is 23.2 Å². The Labute approximate surface area is 206 Å². The lowest BCUT2D eigenvalue weighted by Crippen LogP contribution is -2.49. The summed E-state index contributed by atoms with van der Waals surface area (Å²) in [4.78, 5) is 11.9. The molecule has 6 rings (SSSR count). The van der Waals surface area contributed by atoms with E-state index in [1.54, 1.807) is 6.20 Å². The van der Waals surface area contributed by atoms with Crippen LogP contribution in [0.1, 0.15) is 25.8 Å². The maximum Gasteiger partial charge on any atom is 0.101 e. The average Bonchev–Trinajstić information content (AvgIpc) is 3.13. The Bertz CT molecular complexity index is 1320. The summed E-state index contributed by atoms with van der Waals surface area (Å²) in [5, 5.41) is 24.6. The summed E-state index contributed by atoms with van der Waals surface area (Å²) in [5.74, 6) is 0. The number of hydrogen-bond acceptors (Lipinski definition) is 7. The molecule has 0 saturated carbocycles. The maximum absolute atomic E-state index is 10.7. The van der Waals surface area contributed by atoms with Crippen molar-refractivity contribution in [1.82, 2.24) is 20.1 Å². The van der Waals surface area contributed by atoms with Gasteiger partial charge in [0.2, 0.25) is 0 Å². The Morgan fingerprint density at radius 3 is 2.97 bits per heavy atom. The predicted octanol–water partition coefficient (Wildman–Crippen LogP) is 2.75. The summed E-state index contributed by atoms with van der Waals surface area (Å²) in [7, 11) is 0. The smallest absolute Gasteiger partial charge is 0.101 e. The molecule has 7 heteroatoms. The molecule has 0 radical (unpaired) electrons. The van der Waals surface area contributed by atoms with Crippen LogP contribution in [-0.4, -0.2) is 77.3 Å². The first-order valence-electron chi connectivity index (χ1n) is 12.5. The van der Waals surface area contributed by atoms with Crippen molar-refractivity contribution in [2.75, 3.05) is 50.7 Å². The number of aromatic nitrogens is 1. The van der Waals surface area contributed by atoms with Crippen molar-refractivity contribution < 1.29 is 5.11 Å². The standard InChI is InChI=1S/C28H32N6O/c1-19-14-33(25-8-5-20(13-29)27-24(25)4-3-9-31-27)16-26-23-7-6-22(12-21(23)15-34(19)26)32-11-10-30-17-28(2,35)18-32/h3-6,8-9,12,19,30,35H,7,10-11,14-18H2,1-2H3/t19-,28?/m1/s1. The second-order valence-corrected chi connectivity index (χ2v) is 10.5. The van der Waals surface area contributed by atoms with E-state index < -0.39 is 5.60 Å². The third-order valence-corrected chi connectivity index (χ3v) is 7.79. The van der Waals surface area contributed by atoms with Gasteiger partial charge in [0.1, 0.15) is 6.07 Å². The predicted molar refractivity (Wildman–Crippen MR) is 138 cm³/mol. The van der Waals surface area contributed by atoms with E-state index in [1.807, 2.05) is 19.1 Å². The fourth-order valence-electron chi connectivity index (χ4n) is 6.10. The molecule has 7 nitrogen and oxygen atoms in total. The minimum atomic E-state index is -0.727. The van der Waals surface area contributed by atoms with Crippen LogP contribution in [0.3, 0.4) is 0 Å². The fourth-order valence-corrected chi connectivity index (χ4v) is 6.10. The van der Waals surface area contributed by atoms with Crippen molar-refractivity contribution in [2.45, 2.75) is 31.9 Å². The van der Waals surface area contributed by atoms with Crippen LogP contribution in [0.5, 0.6) is 0 Å². The molecule has 0 amide bonds. The monoisotopic (exact) mass is 468 g/mol. The largest absolute Gasteiger partial charge is 0.387 e. The third kappa shape index (κ3) is 3.87. The third-order valence-electron chi connectivity index (χ3n) is 7.79. The van der Waals surface area contributed by atoms with Gasteiger partial charge in [-0.15, -0.1) is 0 Å². The molecule has 2 aromatic rings. The number of anilines is 1. The Morgan fingerprint density at radius 2 is 2.11 bits per heavy atom. The van der Waals surface area contributed by atoms with Gasteiger partial charge in [-0.3, -0.25) is 4.98 Å². The van der Waals surface area contributed by atoms with Crippen LogP contribution in [0.15, 0.2) is 65.2 Å². The Hall–Kier alpha value is -3.34. The summed E-state index contributed by atoms with van der Waals surface area (Å²) in [5.41, 5.74) is 7.33. The molecular weight excluding hydrogens is 436 g/mol. The van der Waals surface area contributed by atoms with Gasteiger partial charge in [-0.05, 0) is 61.8 Å². The normalized spacial score (nSPS) is 26.7. The lowest BCUT2D eigenvalue weighted by molar-refractivity contribution is 0.0434. The van der Waals surface area contributed by atoms with Gasteiger partial charge in [0.25, 0.3) is 0 Å². The average molecular weight is 469 g/mol. The topological polar surface area (TPSA) is 78.7 Å². The molecule has 4 heterocycles. The number of rotatable bonds is 2. The highest BCUT2D eigenvalue weighted by Gasteiger charge is 2.37. The molecule has 1 aliphatic carbocycles. The van der Waals surface area contributed by atoms with Gasteiger partial charge in [-0.2, -0.15) is 5.26 Å². The number of nitrogens with one attached hydrogen (secondary N) is 1. The number of hydrogen-bond donors (Lipinski definition) is 2. The zero-order valence-corrected chi connectivity index (χ0v) is 20.5. The van der Waals surface area contributed by atoms with Gasteiger partial charge >= 0.3 is 0 Å². The molecule has 1 aromatic heterocycles. The van der Waals surface area contributed by atoms with Crippen molar-refractivity contribution >= 4 is 16.6 Å². The number of pyridine rings is 1. The van der Waals surface area contributed by atoms with E-state index in [-0.39, 0.29) is 0 Å². The molecule has 3 aliphatic heterocycles. The quantitative estimate of drug-likeness (QED) is 0.702. The molecule has 0 bridgehead atoms. The zero-order valence-electron chi connectivity index (χ0n) is 20.5. The highest BCUT2D eigenvalue weighted by molar-refractivity contribution is 5.95. The second-order valence-electron chi connectivity index (χ2n) is 10.5. The lowest BCUT2D eigenvalue weighted by Gasteiger charge is -2.42. The Kier molecular flexibility index (Phi) is 5.32. The van der Waals surface area contributed by atoms with Crippen molar-refractivity contribution in [3.63, 3.8) is 0 Å². The Balaban J connectivity index is 1.31. The van der Waals surface area contributed by atoms with Crippen molar-refractivity contribution in [3.05, 3.63) is 70.7 Å². The molecule has 2 saturated heterocycles. The van der Waals surface area contributed by atoms with Crippen molar-refractivity contribution in [1.29, 1.82) is 5.26 Å². The van der Waals surface area contributed by atoms with E-state index in [0.717, 1.165) is 55.7 Å². The number of aliphatic hydroxyl groups is 1. The van der Waals surface area contributed by atoms with Crippen LogP contribution in [0, 0.1) is 11.3 Å². The van der Waals surface area contributed by atoms with Gasteiger partial charge < -0.3 is 25.1 Å². The van der Waals surface area contributed by atoms with Crippen LogP contribution >= 0.6 is 0 Å². The number of benzene rings is 1. The molecule has 180 valence electrons. The number of piperazine rings is 1. The van der Waals surface area contributed by atoms with Gasteiger partial charge in [-0.25, -0.2) is 0 Å². The number of nitrogens with zero attached hydrogens (tertiary/aromatic N) is 5. The van der Waals surface area contributed by atoms with E-state index >= 15 is 0 Å². The molecule has 1 aromatic carbocycles. The maximum atomic E-state index is 10.7. The first kappa shape index (κ1) is 22.1. The first-order chi connectivity index (χ1) is 16.9. The number of fused-ring (bicyclic) bond motifs is 3. The van der Waals surface area contributed by atoms with Crippen LogP contribution < -0.4 is 10.2 Å². The molecule has 1 unspecified atom stereocenters. The molecular formula is C28H32N6O. The molecule has 2 atom stereocenters. The van der Waals surface area contributed by atoms with Gasteiger partial charge in [0.15, 0.2) is 0 Å². The number of nitriles is 1. The van der Waals surface area contributed by atoms with Gasteiger partial charge in [0, 0.05) is 74.0 Å².